The maximum absolute atomic E-state index is 10.7. The third-order valence-corrected chi connectivity index (χ3v) is 2.57. The number of hydrogen-bond acceptors (Lipinski definition) is 3. The number of rotatable bonds is 3. The predicted molar refractivity (Wildman–Crippen MR) is 66.3 cm³/mol. The van der Waals surface area contributed by atoms with Crippen LogP contribution in [0.2, 0.25) is 0 Å². The van der Waals surface area contributed by atoms with E-state index in [-0.39, 0.29) is 0 Å². The molecule has 0 aliphatic rings. The molecule has 0 saturated heterocycles. The molecule has 0 N–H and O–H groups in total. The highest BCUT2D eigenvalue weighted by Gasteiger charge is 2.07. The molecular weight excluding hydrogens is 214 g/mol. The van der Waals surface area contributed by atoms with Gasteiger partial charge in [0.05, 0.1) is 7.11 Å². The highest BCUT2D eigenvalue weighted by molar-refractivity contribution is 5.80. The summed E-state index contributed by atoms with van der Waals surface area (Å²) >= 11 is 0. The van der Waals surface area contributed by atoms with Gasteiger partial charge in [-0.15, -0.1) is 0 Å². The summed E-state index contributed by atoms with van der Waals surface area (Å²) in [5.41, 5.74) is 3.55. The lowest BCUT2D eigenvalue weighted by molar-refractivity contribution is 0.112. The van der Waals surface area contributed by atoms with Gasteiger partial charge in [-0.3, -0.25) is 9.78 Å². The van der Waals surface area contributed by atoms with Gasteiger partial charge in [-0.2, -0.15) is 0 Å². The number of aryl methyl sites for hydroxylation is 1. The Morgan fingerprint density at radius 1 is 1.24 bits per heavy atom. The molecule has 0 radical (unpaired) electrons. The molecule has 3 heteroatoms. The zero-order valence-corrected chi connectivity index (χ0v) is 9.81. The molecule has 2 rings (SSSR count). The van der Waals surface area contributed by atoms with Gasteiger partial charge in [0.25, 0.3) is 0 Å². The Labute approximate surface area is 100 Å². The number of aldehydes is 1. The largest absolute Gasteiger partial charge is 0.496 e. The molecule has 17 heavy (non-hydrogen) atoms. The normalized spacial score (nSPS) is 10.0. The summed E-state index contributed by atoms with van der Waals surface area (Å²) < 4.78 is 5.30. The summed E-state index contributed by atoms with van der Waals surface area (Å²) in [6.45, 7) is 1.94. The maximum atomic E-state index is 10.7. The minimum atomic E-state index is 0.608. The molecule has 0 amide bonds. The van der Waals surface area contributed by atoms with Crippen molar-refractivity contribution < 1.29 is 9.53 Å². The molecule has 2 aromatic rings. The standard InChI is InChI=1S/C14H13NO2/c1-10-7-12(5-6-15-10)13-4-3-11(9-16)8-14(13)17-2/h3-9H,1-2H3. The molecule has 0 fully saturated rings. The van der Waals surface area contributed by atoms with E-state index in [1.54, 1.807) is 25.4 Å². The van der Waals surface area contributed by atoms with E-state index in [1.807, 2.05) is 25.1 Å². The van der Waals surface area contributed by atoms with Crippen LogP contribution in [-0.2, 0) is 0 Å². The van der Waals surface area contributed by atoms with Crippen molar-refractivity contribution in [3.8, 4) is 16.9 Å². The number of methoxy groups -OCH3 is 1. The summed E-state index contributed by atoms with van der Waals surface area (Å²) in [7, 11) is 1.60. The van der Waals surface area contributed by atoms with E-state index in [0.717, 1.165) is 23.1 Å². The Balaban J connectivity index is 2.55. The number of hydrogen-bond donors (Lipinski definition) is 0. The van der Waals surface area contributed by atoms with Gasteiger partial charge in [0.2, 0.25) is 0 Å². The molecule has 0 aliphatic heterocycles. The van der Waals surface area contributed by atoms with Crippen LogP contribution in [0.1, 0.15) is 16.1 Å². The second-order valence-corrected chi connectivity index (χ2v) is 3.76. The van der Waals surface area contributed by atoms with Crippen LogP contribution in [0.5, 0.6) is 5.75 Å². The van der Waals surface area contributed by atoms with Crippen LogP contribution in [-0.4, -0.2) is 18.4 Å². The molecule has 0 unspecified atom stereocenters. The first-order valence-corrected chi connectivity index (χ1v) is 5.31. The molecular formula is C14H13NO2. The van der Waals surface area contributed by atoms with E-state index >= 15 is 0 Å². The number of carbonyl (C=O) groups excluding carboxylic acids is 1. The zero-order chi connectivity index (χ0) is 12.3. The Morgan fingerprint density at radius 3 is 2.71 bits per heavy atom. The smallest absolute Gasteiger partial charge is 0.150 e. The average molecular weight is 227 g/mol. The van der Waals surface area contributed by atoms with Crippen LogP contribution < -0.4 is 4.74 Å². The Hall–Kier alpha value is -2.16. The summed E-state index contributed by atoms with van der Waals surface area (Å²) in [6, 6.07) is 9.31. The first kappa shape index (κ1) is 11.3. The molecule has 0 spiro atoms. The third kappa shape index (κ3) is 2.33. The van der Waals surface area contributed by atoms with Gasteiger partial charge in [0.1, 0.15) is 12.0 Å². The number of nitrogens with zero attached hydrogens (tertiary/aromatic N) is 1. The minimum absolute atomic E-state index is 0.608. The van der Waals surface area contributed by atoms with E-state index in [2.05, 4.69) is 4.98 Å². The molecule has 0 atom stereocenters. The first-order valence-electron chi connectivity index (χ1n) is 5.31. The van der Waals surface area contributed by atoms with Crippen LogP contribution in [0.25, 0.3) is 11.1 Å². The lowest BCUT2D eigenvalue weighted by Crippen LogP contribution is -1.91. The second kappa shape index (κ2) is 4.78. The fourth-order valence-corrected chi connectivity index (χ4v) is 1.73. The highest BCUT2D eigenvalue weighted by atomic mass is 16.5. The van der Waals surface area contributed by atoms with E-state index < -0.39 is 0 Å². The van der Waals surface area contributed by atoms with Crippen LogP contribution >= 0.6 is 0 Å². The van der Waals surface area contributed by atoms with E-state index in [0.29, 0.717) is 11.3 Å². The molecule has 1 heterocycles. The Morgan fingerprint density at radius 2 is 2.06 bits per heavy atom. The van der Waals surface area contributed by atoms with E-state index in [9.17, 15) is 4.79 Å². The molecule has 86 valence electrons. The first-order chi connectivity index (χ1) is 8.24. The van der Waals surface area contributed by atoms with Crippen molar-refractivity contribution in [2.75, 3.05) is 7.11 Å². The van der Waals surface area contributed by atoms with Crippen molar-refractivity contribution in [1.82, 2.24) is 4.98 Å². The highest BCUT2D eigenvalue weighted by Crippen LogP contribution is 2.30. The van der Waals surface area contributed by atoms with Gasteiger partial charge < -0.3 is 4.74 Å². The van der Waals surface area contributed by atoms with Crippen molar-refractivity contribution in [3.63, 3.8) is 0 Å². The van der Waals surface area contributed by atoms with Crippen molar-refractivity contribution in [2.24, 2.45) is 0 Å². The van der Waals surface area contributed by atoms with Gasteiger partial charge >= 0.3 is 0 Å². The molecule has 0 bridgehead atoms. The van der Waals surface area contributed by atoms with Crippen LogP contribution in [0.3, 0.4) is 0 Å². The minimum Gasteiger partial charge on any atom is -0.496 e. The summed E-state index contributed by atoms with van der Waals surface area (Å²) in [6.07, 6.45) is 2.57. The van der Waals surface area contributed by atoms with Crippen LogP contribution in [0.15, 0.2) is 36.5 Å². The van der Waals surface area contributed by atoms with Gasteiger partial charge in [-0.05, 0) is 36.8 Å². The average Bonchev–Trinajstić information content (AvgIpc) is 2.38. The van der Waals surface area contributed by atoms with Crippen molar-refractivity contribution in [3.05, 3.63) is 47.8 Å². The number of ether oxygens (including phenoxy) is 1. The molecule has 1 aromatic carbocycles. The molecule has 0 saturated carbocycles. The van der Waals surface area contributed by atoms with Crippen molar-refractivity contribution in [2.45, 2.75) is 6.92 Å². The second-order valence-electron chi connectivity index (χ2n) is 3.76. The van der Waals surface area contributed by atoms with Crippen LogP contribution in [0, 0.1) is 6.92 Å². The Kier molecular flexibility index (Phi) is 3.19. The van der Waals surface area contributed by atoms with Crippen molar-refractivity contribution in [1.29, 1.82) is 0 Å². The van der Waals surface area contributed by atoms with Gasteiger partial charge in [-0.1, -0.05) is 6.07 Å². The lowest BCUT2D eigenvalue weighted by atomic mass is 10.0. The fourth-order valence-electron chi connectivity index (χ4n) is 1.73. The topological polar surface area (TPSA) is 39.2 Å². The quantitative estimate of drug-likeness (QED) is 0.757. The predicted octanol–water partition coefficient (Wildman–Crippen LogP) is 2.88. The summed E-state index contributed by atoms with van der Waals surface area (Å²) in [5, 5.41) is 0. The fraction of sp³-hybridized carbons (Fsp3) is 0.143. The number of benzene rings is 1. The van der Waals surface area contributed by atoms with Crippen molar-refractivity contribution >= 4 is 6.29 Å². The molecule has 0 aliphatic carbocycles. The van der Waals surface area contributed by atoms with E-state index in [4.69, 9.17) is 4.74 Å². The zero-order valence-electron chi connectivity index (χ0n) is 9.81. The number of aromatic nitrogens is 1. The Bertz CT molecular complexity index is 550. The SMILES string of the molecule is COc1cc(C=O)ccc1-c1ccnc(C)c1. The van der Waals surface area contributed by atoms with Crippen LogP contribution in [0.4, 0.5) is 0 Å². The molecule has 1 aromatic heterocycles. The monoisotopic (exact) mass is 227 g/mol. The molecule has 3 nitrogen and oxygen atoms in total. The summed E-state index contributed by atoms with van der Waals surface area (Å²) in [5.74, 6) is 0.695. The van der Waals surface area contributed by atoms with Gasteiger partial charge in [0, 0.05) is 23.0 Å². The number of carbonyl (C=O) groups is 1. The third-order valence-electron chi connectivity index (χ3n) is 2.57. The number of pyridine rings is 1. The van der Waals surface area contributed by atoms with E-state index in [1.165, 1.54) is 0 Å². The van der Waals surface area contributed by atoms with Gasteiger partial charge in [0.15, 0.2) is 0 Å². The van der Waals surface area contributed by atoms with Gasteiger partial charge in [-0.25, -0.2) is 0 Å². The maximum Gasteiger partial charge on any atom is 0.150 e. The summed E-state index contributed by atoms with van der Waals surface area (Å²) in [4.78, 5) is 14.9. The lowest BCUT2D eigenvalue weighted by Gasteiger charge is -2.09.